The van der Waals surface area contributed by atoms with Gasteiger partial charge in [-0.1, -0.05) is 18.2 Å². The van der Waals surface area contributed by atoms with E-state index in [2.05, 4.69) is 9.55 Å². The van der Waals surface area contributed by atoms with Crippen LogP contribution in [0.4, 0.5) is 0 Å². The molecule has 0 unspecified atom stereocenters. The molecule has 1 aromatic heterocycles. The molecule has 3 rings (SSSR count). The van der Waals surface area contributed by atoms with Crippen LogP contribution in [0.5, 0.6) is 11.5 Å². The summed E-state index contributed by atoms with van der Waals surface area (Å²) < 4.78 is 12.3. The van der Waals surface area contributed by atoms with Crippen LogP contribution in [0.1, 0.15) is 11.4 Å². The Morgan fingerprint density at radius 2 is 1.87 bits per heavy atom. The fourth-order valence-corrected chi connectivity index (χ4v) is 2.58. The van der Waals surface area contributed by atoms with E-state index in [4.69, 9.17) is 19.4 Å². The first-order chi connectivity index (χ1) is 11.1. The number of methoxy groups -OCH3 is 1. The Kier molecular flexibility index (Phi) is 4.23. The molecule has 0 saturated heterocycles. The van der Waals surface area contributed by atoms with Gasteiger partial charge in [0.05, 0.1) is 12.6 Å². The summed E-state index contributed by atoms with van der Waals surface area (Å²) in [5.41, 5.74) is 2.90. The topological polar surface area (TPSA) is 76.7 Å². The number of hydrogen-bond donors (Lipinski definition) is 2. The van der Waals surface area contributed by atoms with E-state index < -0.39 is 7.32 Å². The minimum Gasteiger partial charge on any atom is -0.512 e. The first-order valence-electron chi connectivity index (χ1n) is 7.20. The second kappa shape index (κ2) is 6.32. The average molecular weight is 312 g/mol. The summed E-state index contributed by atoms with van der Waals surface area (Å²) in [5.74, 6) is 2.05. The van der Waals surface area contributed by atoms with Gasteiger partial charge in [0.1, 0.15) is 22.8 Å². The van der Waals surface area contributed by atoms with Crippen LogP contribution in [0.25, 0.3) is 11.0 Å². The molecule has 0 aliphatic rings. The van der Waals surface area contributed by atoms with Crippen molar-refractivity contribution in [3.8, 4) is 11.5 Å². The molecule has 3 aromatic rings. The van der Waals surface area contributed by atoms with Crippen molar-refractivity contribution in [3.05, 3.63) is 53.9 Å². The van der Waals surface area contributed by atoms with E-state index >= 15 is 0 Å². The number of fused-ring (bicyclic) bond motifs is 1. The second-order valence-corrected chi connectivity index (χ2v) is 5.16. The van der Waals surface area contributed by atoms with Gasteiger partial charge < -0.3 is 24.0 Å². The van der Waals surface area contributed by atoms with E-state index in [1.165, 1.54) is 0 Å². The minimum atomic E-state index is -1.81. The molecule has 0 atom stereocenters. The zero-order valence-corrected chi connectivity index (χ0v) is 12.9. The van der Waals surface area contributed by atoms with Gasteiger partial charge >= 0.3 is 7.32 Å². The zero-order chi connectivity index (χ0) is 16.4. The van der Waals surface area contributed by atoms with E-state index in [9.17, 15) is 0 Å². The highest BCUT2D eigenvalue weighted by atomic mass is 16.6. The summed E-state index contributed by atoms with van der Waals surface area (Å²) in [7, 11) is -0.176. The molecule has 0 bridgehead atoms. The summed E-state index contributed by atoms with van der Waals surface area (Å²) in [6, 6.07) is 13.0. The molecule has 0 amide bonds. The maximum atomic E-state index is 8.80. The molecule has 2 N–H and O–H groups in total. The van der Waals surface area contributed by atoms with Gasteiger partial charge in [0, 0.05) is 6.54 Å². The van der Waals surface area contributed by atoms with Gasteiger partial charge in [-0.05, 0) is 36.8 Å². The normalized spacial score (nSPS) is 10.8. The first kappa shape index (κ1) is 15.4. The van der Waals surface area contributed by atoms with Crippen LogP contribution < -0.4 is 9.39 Å². The summed E-state index contributed by atoms with van der Waals surface area (Å²) in [6.45, 7) is 2.61. The Balaban J connectivity index is 1.91. The highest BCUT2D eigenvalue weighted by Crippen LogP contribution is 2.26. The summed E-state index contributed by atoms with van der Waals surface area (Å²) in [5, 5.41) is 17.6. The zero-order valence-electron chi connectivity index (χ0n) is 12.9. The maximum Gasteiger partial charge on any atom is 0.707 e. The average Bonchev–Trinajstić information content (AvgIpc) is 2.84. The van der Waals surface area contributed by atoms with Crippen molar-refractivity contribution in [3.63, 3.8) is 0 Å². The molecule has 0 saturated carbocycles. The highest BCUT2D eigenvalue weighted by Gasteiger charge is 2.13. The number of aryl methyl sites for hydroxylation is 1. The van der Waals surface area contributed by atoms with E-state index in [0.717, 1.165) is 28.2 Å². The predicted octanol–water partition coefficient (Wildman–Crippen LogP) is 1.75. The lowest BCUT2D eigenvalue weighted by atomic mass is 10.2. The van der Waals surface area contributed by atoms with Crippen molar-refractivity contribution < 1.29 is 19.4 Å². The second-order valence-electron chi connectivity index (χ2n) is 5.16. The Morgan fingerprint density at radius 1 is 1.13 bits per heavy atom. The number of ether oxygens (including phenoxy) is 1. The van der Waals surface area contributed by atoms with Crippen molar-refractivity contribution in [1.82, 2.24) is 9.55 Å². The number of hydrogen-bond acceptors (Lipinski definition) is 5. The molecule has 1 heterocycles. The molecule has 0 radical (unpaired) electrons. The van der Waals surface area contributed by atoms with Crippen LogP contribution in [-0.4, -0.2) is 34.0 Å². The molecule has 6 nitrogen and oxygen atoms in total. The van der Waals surface area contributed by atoms with Crippen LogP contribution in [0.15, 0.2) is 42.5 Å². The number of para-hydroxylation sites is 1. The minimum absolute atomic E-state index is 0.401. The van der Waals surface area contributed by atoms with Crippen LogP contribution in [0, 0.1) is 6.92 Å². The lowest BCUT2D eigenvalue weighted by molar-refractivity contribution is 0.288. The van der Waals surface area contributed by atoms with Gasteiger partial charge in [-0.15, -0.1) is 0 Å². The third-order valence-electron chi connectivity index (χ3n) is 3.66. The molecular formula is C16H17BN2O4. The number of benzene rings is 2. The molecule has 2 aromatic carbocycles. The lowest BCUT2D eigenvalue weighted by Crippen LogP contribution is -2.20. The summed E-state index contributed by atoms with van der Waals surface area (Å²) in [4.78, 5) is 4.58. The molecule has 0 aliphatic carbocycles. The van der Waals surface area contributed by atoms with Gasteiger partial charge in [-0.3, -0.25) is 0 Å². The Bertz CT molecular complexity index is 815. The molecular weight excluding hydrogens is 295 g/mol. The standard InChI is InChI=1S/C16H17BN2O4/c1-11-18-16-14(4-3-5-15(16)22-2)19(11)10-12-6-8-13(9-7-12)23-17(20)21/h3-9,20-21H,10H2,1-2H3. The number of aromatic nitrogens is 2. The fraction of sp³-hybridized carbons (Fsp3) is 0.188. The molecule has 0 fully saturated rings. The summed E-state index contributed by atoms with van der Waals surface area (Å²) >= 11 is 0. The maximum absolute atomic E-state index is 8.80. The third-order valence-corrected chi connectivity index (χ3v) is 3.66. The molecule has 7 heteroatoms. The van der Waals surface area contributed by atoms with Crippen LogP contribution >= 0.6 is 0 Å². The SMILES string of the molecule is COc1cccc2c1nc(C)n2Cc1ccc(OB(O)O)cc1. The smallest absolute Gasteiger partial charge is 0.512 e. The van der Waals surface area contributed by atoms with Crippen LogP contribution in [-0.2, 0) is 6.54 Å². The number of nitrogens with zero attached hydrogens (tertiary/aromatic N) is 2. The lowest BCUT2D eigenvalue weighted by Gasteiger charge is -2.09. The van der Waals surface area contributed by atoms with E-state index in [1.807, 2.05) is 37.3 Å². The summed E-state index contributed by atoms with van der Waals surface area (Å²) in [6.07, 6.45) is 0. The van der Waals surface area contributed by atoms with Gasteiger partial charge in [-0.25, -0.2) is 4.98 Å². The first-order valence-corrected chi connectivity index (χ1v) is 7.20. The van der Waals surface area contributed by atoms with Crippen molar-refractivity contribution in [1.29, 1.82) is 0 Å². The number of rotatable bonds is 5. The van der Waals surface area contributed by atoms with Crippen molar-refractivity contribution >= 4 is 18.4 Å². The Labute approximate surface area is 134 Å². The van der Waals surface area contributed by atoms with Crippen molar-refractivity contribution in [2.75, 3.05) is 7.11 Å². The van der Waals surface area contributed by atoms with Gasteiger partial charge in [0.15, 0.2) is 0 Å². The Morgan fingerprint density at radius 3 is 2.52 bits per heavy atom. The highest BCUT2D eigenvalue weighted by molar-refractivity contribution is 6.33. The molecule has 23 heavy (non-hydrogen) atoms. The van der Waals surface area contributed by atoms with Gasteiger partial charge in [0.25, 0.3) is 0 Å². The largest absolute Gasteiger partial charge is 0.707 e. The fourth-order valence-electron chi connectivity index (χ4n) is 2.58. The third kappa shape index (κ3) is 3.15. The monoisotopic (exact) mass is 312 g/mol. The van der Waals surface area contributed by atoms with E-state index in [-0.39, 0.29) is 0 Å². The van der Waals surface area contributed by atoms with Crippen molar-refractivity contribution in [2.45, 2.75) is 13.5 Å². The quantitative estimate of drug-likeness (QED) is 0.702. The number of imidazole rings is 1. The predicted molar refractivity (Wildman–Crippen MR) is 87.4 cm³/mol. The van der Waals surface area contributed by atoms with Gasteiger partial charge in [-0.2, -0.15) is 0 Å². The Hall–Kier alpha value is -2.51. The van der Waals surface area contributed by atoms with Crippen molar-refractivity contribution in [2.24, 2.45) is 0 Å². The van der Waals surface area contributed by atoms with Crippen LogP contribution in [0.2, 0.25) is 0 Å². The van der Waals surface area contributed by atoms with E-state index in [1.54, 1.807) is 19.2 Å². The molecule has 0 spiro atoms. The molecule has 118 valence electrons. The van der Waals surface area contributed by atoms with Gasteiger partial charge in [0.2, 0.25) is 0 Å². The van der Waals surface area contributed by atoms with Crippen LogP contribution in [0.3, 0.4) is 0 Å². The van der Waals surface area contributed by atoms with E-state index in [0.29, 0.717) is 12.3 Å². The molecule has 0 aliphatic heterocycles.